The first-order valence-corrected chi connectivity index (χ1v) is 11.8. The van der Waals surface area contributed by atoms with Crippen molar-refractivity contribution in [2.24, 2.45) is 0 Å². The minimum absolute atomic E-state index is 0.151. The highest BCUT2D eigenvalue weighted by Crippen LogP contribution is 2.26. The van der Waals surface area contributed by atoms with E-state index in [-0.39, 0.29) is 49.3 Å². The van der Waals surface area contributed by atoms with Crippen molar-refractivity contribution in [3.05, 3.63) is 59.9 Å². The van der Waals surface area contributed by atoms with Crippen molar-refractivity contribution < 1.29 is 33.0 Å². The second kappa shape index (κ2) is 10.6. The summed E-state index contributed by atoms with van der Waals surface area (Å²) in [6.45, 7) is 5.65. The zero-order valence-electron chi connectivity index (χ0n) is 20.7. The average molecular weight is 515 g/mol. The molecule has 11 heteroatoms. The van der Waals surface area contributed by atoms with E-state index in [1.165, 1.54) is 17.0 Å². The van der Waals surface area contributed by atoms with Crippen LogP contribution in [0.25, 0.3) is 10.9 Å². The number of halogens is 2. The number of pyridine rings is 2. The summed E-state index contributed by atoms with van der Waals surface area (Å²) in [6.07, 6.45) is -2.07. The fourth-order valence-corrected chi connectivity index (χ4v) is 3.91. The van der Waals surface area contributed by atoms with E-state index in [2.05, 4.69) is 9.97 Å². The first-order chi connectivity index (χ1) is 17.5. The van der Waals surface area contributed by atoms with Gasteiger partial charge in [-0.2, -0.15) is 0 Å². The van der Waals surface area contributed by atoms with Crippen LogP contribution in [0.4, 0.5) is 13.6 Å². The fourth-order valence-electron chi connectivity index (χ4n) is 3.91. The molecule has 3 aromatic rings. The van der Waals surface area contributed by atoms with Crippen molar-refractivity contribution in [3.8, 4) is 11.6 Å². The largest absolute Gasteiger partial charge is 0.444 e. The maximum atomic E-state index is 13.2. The van der Waals surface area contributed by atoms with E-state index >= 15 is 0 Å². The molecule has 2 amide bonds. The molecule has 1 aliphatic rings. The summed E-state index contributed by atoms with van der Waals surface area (Å²) in [6, 6.07) is 10.4. The molecule has 0 unspecified atom stereocenters. The van der Waals surface area contributed by atoms with Crippen molar-refractivity contribution in [1.82, 2.24) is 19.8 Å². The molecule has 37 heavy (non-hydrogen) atoms. The molecule has 1 atom stereocenters. The topological polar surface area (TPSA) is 105 Å². The lowest BCUT2D eigenvalue weighted by Crippen LogP contribution is -2.58. The molecule has 0 radical (unpaired) electrons. The van der Waals surface area contributed by atoms with Gasteiger partial charge in [0, 0.05) is 42.8 Å². The van der Waals surface area contributed by atoms with Gasteiger partial charge in [0.1, 0.15) is 17.0 Å². The molecule has 2 aromatic heterocycles. The van der Waals surface area contributed by atoms with Crippen LogP contribution in [-0.4, -0.2) is 74.8 Å². The number of carbonyl (C=O) groups is 2. The van der Waals surface area contributed by atoms with Gasteiger partial charge in [-0.25, -0.2) is 23.5 Å². The molecule has 1 aromatic carbocycles. The number of ether oxygens (including phenoxy) is 2. The van der Waals surface area contributed by atoms with Crippen molar-refractivity contribution in [2.45, 2.75) is 38.8 Å². The van der Waals surface area contributed by atoms with Gasteiger partial charge in [-0.3, -0.25) is 9.69 Å². The maximum Gasteiger partial charge on any atom is 0.410 e. The van der Waals surface area contributed by atoms with E-state index < -0.39 is 24.2 Å². The highest BCUT2D eigenvalue weighted by atomic mass is 19.3. The molecule has 1 N–H and O–H groups in total. The highest BCUT2D eigenvalue weighted by molar-refractivity contribution is 5.95. The summed E-state index contributed by atoms with van der Waals surface area (Å²) in [5.41, 5.74) is -0.0682. The third-order valence-electron chi connectivity index (χ3n) is 5.72. The number of amides is 2. The Morgan fingerprint density at radius 1 is 1.14 bits per heavy atom. The molecule has 4 rings (SSSR count). The van der Waals surface area contributed by atoms with Crippen LogP contribution in [0.15, 0.2) is 48.7 Å². The minimum atomic E-state index is -2.60. The van der Waals surface area contributed by atoms with Crippen LogP contribution < -0.4 is 4.74 Å². The second-order valence-electron chi connectivity index (χ2n) is 9.64. The summed E-state index contributed by atoms with van der Waals surface area (Å²) in [7, 11) is 0. The zero-order chi connectivity index (χ0) is 26.7. The van der Waals surface area contributed by atoms with Gasteiger partial charge >= 0.3 is 6.09 Å². The van der Waals surface area contributed by atoms with E-state index in [1.54, 1.807) is 56.0 Å². The molecule has 1 fully saturated rings. The van der Waals surface area contributed by atoms with Crippen molar-refractivity contribution in [2.75, 3.05) is 26.2 Å². The number of aromatic nitrogens is 2. The van der Waals surface area contributed by atoms with Gasteiger partial charge in [0.25, 0.3) is 12.3 Å². The minimum Gasteiger partial charge on any atom is -0.444 e. The van der Waals surface area contributed by atoms with Gasteiger partial charge in [-0.1, -0.05) is 6.07 Å². The van der Waals surface area contributed by atoms with Crippen LogP contribution in [0.1, 0.15) is 43.2 Å². The Morgan fingerprint density at radius 3 is 2.57 bits per heavy atom. The molecule has 0 saturated carbocycles. The Kier molecular flexibility index (Phi) is 7.53. The quantitative estimate of drug-likeness (QED) is 0.538. The van der Waals surface area contributed by atoms with Gasteiger partial charge in [0.2, 0.25) is 5.88 Å². The van der Waals surface area contributed by atoms with Gasteiger partial charge < -0.3 is 19.5 Å². The average Bonchev–Trinajstić information content (AvgIpc) is 2.86. The first-order valence-electron chi connectivity index (χ1n) is 11.8. The molecule has 9 nitrogen and oxygen atoms in total. The van der Waals surface area contributed by atoms with E-state index in [0.717, 1.165) is 6.20 Å². The Balaban J connectivity index is 1.44. The number of alkyl halides is 2. The third kappa shape index (κ3) is 6.29. The molecule has 0 spiro atoms. The summed E-state index contributed by atoms with van der Waals surface area (Å²) in [4.78, 5) is 37.0. The maximum absolute atomic E-state index is 13.2. The lowest BCUT2D eigenvalue weighted by Gasteiger charge is -2.40. The van der Waals surface area contributed by atoms with Crippen LogP contribution in [0, 0.1) is 0 Å². The number of rotatable bonds is 5. The van der Waals surface area contributed by atoms with Crippen molar-refractivity contribution in [3.63, 3.8) is 0 Å². The van der Waals surface area contributed by atoms with Crippen molar-refractivity contribution in [1.29, 1.82) is 0 Å². The number of piperazine rings is 1. The number of benzene rings is 1. The summed E-state index contributed by atoms with van der Waals surface area (Å²) < 4.78 is 36.5. The van der Waals surface area contributed by atoms with Crippen LogP contribution in [0.3, 0.4) is 0 Å². The van der Waals surface area contributed by atoms with Crippen LogP contribution in [-0.2, 0) is 4.74 Å². The monoisotopic (exact) mass is 514 g/mol. The molecule has 1 saturated heterocycles. The lowest BCUT2D eigenvalue weighted by atomic mass is 10.1. The highest BCUT2D eigenvalue weighted by Gasteiger charge is 2.35. The SMILES string of the molecule is CC(C)(C)OC(=O)N1CCN(C(=O)c2ccc3cc(Oc4ccc(C(F)F)cn4)ccc3n2)C[C@H]1CO. The number of hydrogen-bond donors (Lipinski definition) is 1. The van der Waals surface area contributed by atoms with Crippen LogP contribution >= 0.6 is 0 Å². The third-order valence-corrected chi connectivity index (χ3v) is 5.72. The predicted octanol–water partition coefficient (Wildman–Crippen LogP) is 4.41. The first kappa shape index (κ1) is 26.2. The summed E-state index contributed by atoms with van der Waals surface area (Å²) in [5.74, 6) is 0.301. The molecular formula is C26H28F2N4O5. The number of hydrogen-bond acceptors (Lipinski definition) is 7. The standard InChI is InChI=1S/C26H28F2N4O5/c1-26(2,3)37-25(35)32-11-10-31(14-18(32)15-33)24(34)21-7-4-16-12-19(6-8-20(16)30-21)36-22-9-5-17(13-29-22)23(27)28/h4-9,12-13,18,23,33H,10-11,14-15H2,1-3H3/t18-/m0/s1. The van der Waals surface area contributed by atoms with E-state index in [0.29, 0.717) is 16.7 Å². The number of aliphatic hydroxyl groups is 1. The lowest BCUT2D eigenvalue weighted by molar-refractivity contribution is -0.00992. The summed E-state index contributed by atoms with van der Waals surface area (Å²) >= 11 is 0. The van der Waals surface area contributed by atoms with E-state index in [4.69, 9.17) is 9.47 Å². The second-order valence-corrected chi connectivity index (χ2v) is 9.64. The van der Waals surface area contributed by atoms with Gasteiger partial charge in [-0.15, -0.1) is 0 Å². The molecule has 1 aliphatic heterocycles. The molecule has 196 valence electrons. The molecule has 0 bridgehead atoms. The Hall–Kier alpha value is -3.86. The van der Waals surface area contributed by atoms with Gasteiger partial charge in [0.15, 0.2) is 0 Å². The fraction of sp³-hybridized carbons (Fsp3) is 0.385. The Labute approximate surface area is 212 Å². The number of aliphatic hydroxyl groups excluding tert-OH is 1. The Bertz CT molecular complexity index is 1280. The number of carbonyl (C=O) groups excluding carboxylic acids is 2. The number of fused-ring (bicyclic) bond motifs is 1. The van der Waals surface area contributed by atoms with Gasteiger partial charge in [-0.05, 0) is 51.1 Å². The van der Waals surface area contributed by atoms with Crippen LogP contribution in [0.5, 0.6) is 11.6 Å². The van der Waals surface area contributed by atoms with E-state index in [1.807, 2.05) is 0 Å². The smallest absolute Gasteiger partial charge is 0.410 e. The van der Waals surface area contributed by atoms with Crippen molar-refractivity contribution >= 4 is 22.9 Å². The predicted molar refractivity (Wildman–Crippen MR) is 131 cm³/mol. The van der Waals surface area contributed by atoms with E-state index in [9.17, 15) is 23.5 Å². The van der Waals surface area contributed by atoms with Crippen LogP contribution in [0.2, 0.25) is 0 Å². The Morgan fingerprint density at radius 2 is 1.92 bits per heavy atom. The molecule has 3 heterocycles. The zero-order valence-corrected chi connectivity index (χ0v) is 20.7. The molecular weight excluding hydrogens is 486 g/mol. The summed E-state index contributed by atoms with van der Waals surface area (Å²) in [5, 5.41) is 10.5. The normalized spacial score (nSPS) is 16.2. The number of nitrogens with zero attached hydrogens (tertiary/aromatic N) is 4. The van der Waals surface area contributed by atoms with Gasteiger partial charge in [0.05, 0.1) is 18.2 Å². The molecule has 0 aliphatic carbocycles.